The van der Waals surface area contributed by atoms with Crippen molar-refractivity contribution in [1.29, 1.82) is 0 Å². The number of carboxylic acids is 1. The number of carboxylic acid groups (broad SMARTS) is 1. The number of hydrogen-bond acceptors (Lipinski definition) is 4. The molecule has 0 bridgehead atoms. The lowest BCUT2D eigenvalue weighted by Crippen LogP contribution is -2.43. The molecule has 8 heteroatoms. The predicted octanol–water partition coefficient (Wildman–Crippen LogP) is 1.73. The molecule has 2 rings (SSSR count). The third-order valence-electron chi connectivity index (χ3n) is 3.12. The van der Waals surface area contributed by atoms with E-state index in [9.17, 15) is 13.2 Å². The summed E-state index contributed by atoms with van der Waals surface area (Å²) in [6, 6.07) is 11.4. The Bertz CT molecular complexity index is 788. The van der Waals surface area contributed by atoms with Gasteiger partial charge in [-0.2, -0.15) is 4.72 Å². The topological polar surface area (TPSA) is 104 Å². The first-order valence-corrected chi connectivity index (χ1v) is 8.41. The summed E-state index contributed by atoms with van der Waals surface area (Å²) in [4.78, 5) is 10.7. The van der Waals surface area contributed by atoms with Crippen LogP contribution in [0.2, 0.25) is 5.02 Å². The van der Waals surface area contributed by atoms with Gasteiger partial charge >= 0.3 is 5.97 Å². The lowest BCUT2D eigenvalue weighted by Gasteiger charge is -2.12. The van der Waals surface area contributed by atoms with Crippen LogP contribution in [-0.4, -0.2) is 37.2 Å². The van der Waals surface area contributed by atoms with E-state index in [1.54, 1.807) is 36.4 Å². The van der Waals surface area contributed by atoms with Crippen molar-refractivity contribution < 1.29 is 23.4 Å². The second kappa shape index (κ2) is 7.10. The predicted molar refractivity (Wildman–Crippen MR) is 85.7 cm³/mol. The summed E-state index contributed by atoms with van der Waals surface area (Å²) in [5.41, 5.74) is 1.66. The Morgan fingerprint density at radius 3 is 1.96 bits per heavy atom. The van der Waals surface area contributed by atoms with Crippen molar-refractivity contribution in [3.05, 3.63) is 53.6 Å². The average molecular weight is 356 g/mol. The van der Waals surface area contributed by atoms with Crippen LogP contribution in [-0.2, 0) is 14.8 Å². The van der Waals surface area contributed by atoms with Crippen LogP contribution in [0.25, 0.3) is 11.1 Å². The second-order valence-electron chi connectivity index (χ2n) is 4.73. The van der Waals surface area contributed by atoms with Gasteiger partial charge in [0.1, 0.15) is 6.04 Å². The molecule has 1 atom stereocenters. The van der Waals surface area contributed by atoms with Gasteiger partial charge in [-0.25, -0.2) is 8.42 Å². The Hall–Kier alpha value is -1.93. The van der Waals surface area contributed by atoms with Crippen molar-refractivity contribution in [3.8, 4) is 11.1 Å². The summed E-state index contributed by atoms with van der Waals surface area (Å²) in [7, 11) is -4.03. The van der Waals surface area contributed by atoms with Crippen molar-refractivity contribution in [2.24, 2.45) is 0 Å². The van der Waals surface area contributed by atoms with Gasteiger partial charge in [0.2, 0.25) is 10.0 Å². The zero-order valence-corrected chi connectivity index (χ0v) is 13.4. The number of rotatable bonds is 6. The SMILES string of the molecule is O=C(O)[C@@H](CO)NS(=O)(=O)c1ccc(-c2ccc(Cl)cc2)cc1. The van der Waals surface area contributed by atoms with Gasteiger partial charge in [0.15, 0.2) is 0 Å². The average Bonchev–Trinajstić information content (AvgIpc) is 2.53. The third kappa shape index (κ3) is 4.29. The Morgan fingerprint density at radius 1 is 1.04 bits per heavy atom. The molecule has 6 nitrogen and oxygen atoms in total. The number of sulfonamides is 1. The number of aliphatic hydroxyl groups is 1. The van der Waals surface area contributed by atoms with Crippen molar-refractivity contribution in [1.82, 2.24) is 4.72 Å². The zero-order valence-electron chi connectivity index (χ0n) is 11.8. The highest BCUT2D eigenvalue weighted by atomic mass is 35.5. The van der Waals surface area contributed by atoms with E-state index in [4.69, 9.17) is 21.8 Å². The molecule has 0 radical (unpaired) electrons. The number of nitrogens with one attached hydrogen (secondary N) is 1. The van der Waals surface area contributed by atoms with E-state index in [0.717, 1.165) is 11.1 Å². The number of carbonyl (C=O) groups is 1. The molecule has 0 amide bonds. The molecule has 0 fully saturated rings. The normalized spacial score (nSPS) is 12.8. The van der Waals surface area contributed by atoms with Gasteiger partial charge in [-0.05, 0) is 35.4 Å². The molecule has 2 aromatic rings. The second-order valence-corrected chi connectivity index (χ2v) is 6.88. The number of hydrogen-bond donors (Lipinski definition) is 3. The Balaban J connectivity index is 2.24. The van der Waals surface area contributed by atoms with Crippen molar-refractivity contribution in [3.63, 3.8) is 0 Å². The number of aliphatic hydroxyl groups excluding tert-OH is 1. The summed E-state index contributed by atoms with van der Waals surface area (Å²) in [5.74, 6) is -1.45. The molecule has 0 aliphatic carbocycles. The molecule has 2 aromatic carbocycles. The van der Waals surface area contributed by atoms with E-state index < -0.39 is 28.6 Å². The van der Waals surface area contributed by atoms with E-state index >= 15 is 0 Å². The van der Waals surface area contributed by atoms with Crippen LogP contribution in [0.15, 0.2) is 53.4 Å². The number of benzene rings is 2. The molecular formula is C15H14ClNO5S. The Kier molecular flexibility index (Phi) is 5.38. The van der Waals surface area contributed by atoms with Crippen LogP contribution in [0.1, 0.15) is 0 Å². The van der Waals surface area contributed by atoms with Gasteiger partial charge in [-0.3, -0.25) is 4.79 Å². The molecule has 0 unspecified atom stereocenters. The zero-order chi connectivity index (χ0) is 17.0. The summed E-state index contributed by atoms with van der Waals surface area (Å²) in [6.07, 6.45) is 0. The maximum Gasteiger partial charge on any atom is 0.324 e. The fourth-order valence-electron chi connectivity index (χ4n) is 1.89. The quantitative estimate of drug-likeness (QED) is 0.732. The maximum absolute atomic E-state index is 12.1. The van der Waals surface area contributed by atoms with Crippen molar-refractivity contribution in [2.45, 2.75) is 10.9 Å². The monoisotopic (exact) mass is 355 g/mol. The van der Waals surface area contributed by atoms with Crippen LogP contribution in [0.4, 0.5) is 0 Å². The van der Waals surface area contributed by atoms with Gasteiger partial charge in [-0.1, -0.05) is 35.9 Å². The molecule has 3 N–H and O–H groups in total. The van der Waals surface area contributed by atoms with Crippen LogP contribution >= 0.6 is 11.6 Å². The molecular weight excluding hydrogens is 342 g/mol. The standard InChI is InChI=1S/C15H14ClNO5S/c16-12-5-1-10(2-6-12)11-3-7-13(8-4-11)23(21,22)17-14(9-18)15(19)20/h1-8,14,17-18H,9H2,(H,19,20)/t14-/m1/s1. The summed E-state index contributed by atoms with van der Waals surface area (Å²) in [5, 5.41) is 18.3. The van der Waals surface area contributed by atoms with E-state index in [1.807, 2.05) is 4.72 Å². The molecule has 0 heterocycles. The molecule has 0 aromatic heterocycles. The molecule has 122 valence electrons. The van der Waals surface area contributed by atoms with Crippen LogP contribution in [0.3, 0.4) is 0 Å². The molecule has 0 saturated carbocycles. The number of aliphatic carboxylic acids is 1. The van der Waals surface area contributed by atoms with Gasteiger partial charge < -0.3 is 10.2 Å². The Labute approximate surface area is 138 Å². The van der Waals surface area contributed by atoms with Crippen molar-refractivity contribution in [2.75, 3.05) is 6.61 Å². The fraction of sp³-hybridized carbons (Fsp3) is 0.133. The molecule has 0 spiro atoms. The Morgan fingerprint density at radius 2 is 1.52 bits per heavy atom. The largest absolute Gasteiger partial charge is 0.480 e. The van der Waals surface area contributed by atoms with Crippen LogP contribution < -0.4 is 4.72 Å². The summed E-state index contributed by atoms with van der Waals surface area (Å²) >= 11 is 5.82. The molecule has 0 aliphatic heterocycles. The lowest BCUT2D eigenvalue weighted by atomic mass is 10.1. The molecule has 0 aliphatic rings. The lowest BCUT2D eigenvalue weighted by molar-refractivity contribution is -0.139. The van der Waals surface area contributed by atoms with Crippen LogP contribution in [0, 0.1) is 0 Å². The van der Waals surface area contributed by atoms with Gasteiger partial charge in [-0.15, -0.1) is 0 Å². The third-order valence-corrected chi connectivity index (χ3v) is 4.86. The first kappa shape index (κ1) is 17.4. The van der Waals surface area contributed by atoms with Crippen molar-refractivity contribution >= 4 is 27.6 Å². The minimum absolute atomic E-state index is 0.0880. The maximum atomic E-state index is 12.1. The molecule has 0 saturated heterocycles. The van der Waals surface area contributed by atoms with Gasteiger partial charge in [0.05, 0.1) is 11.5 Å². The minimum atomic E-state index is -4.03. The minimum Gasteiger partial charge on any atom is -0.480 e. The summed E-state index contributed by atoms with van der Waals surface area (Å²) in [6.45, 7) is -0.836. The van der Waals surface area contributed by atoms with Gasteiger partial charge in [0.25, 0.3) is 0 Å². The van der Waals surface area contributed by atoms with Gasteiger partial charge in [0, 0.05) is 5.02 Å². The molecule has 23 heavy (non-hydrogen) atoms. The first-order chi connectivity index (χ1) is 10.8. The first-order valence-electron chi connectivity index (χ1n) is 6.55. The highest BCUT2D eigenvalue weighted by Crippen LogP contribution is 2.23. The fourth-order valence-corrected chi connectivity index (χ4v) is 3.20. The number of halogens is 1. The van der Waals surface area contributed by atoms with E-state index in [2.05, 4.69) is 0 Å². The highest BCUT2D eigenvalue weighted by Gasteiger charge is 2.24. The smallest absolute Gasteiger partial charge is 0.324 e. The van der Waals surface area contributed by atoms with Crippen LogP contribution in [0.5, 0.6) is 0 Å². The van der Waals surface area contributed by atoms with E-state index in [1.165, 1.54) is 12.1 Å². The van der Waals surface area contributed by atoms with E-state index in [-0.39, 0.29) is 4.90 Å². The van der Waals surface area contributed by atoms with E-state index in [0.29, 0.717) is 5.02 Å². The summed E-state index contributed by atoms with van der Waals surface area (Å²) < 4.78 is 26.1. The highest BCUT2D eigenvalue weighted by molar-refractivity contribution is 7.89.